The van der Waals surface area contributed by atoms with E-state index in [2.05, 4.69) is 5.32 Å². The summed E-state index contributed by atoms with van der Waals surface area (Å²) in [5, 5.41) is 13.5. The summed E-state index contributed by atoms with van der Waals surface area (Å²) in [6, 6.07) is 10.6. The van der Waals surface area contributed by atoms with Gasteiger partial charge in [0.25, 0.3) is 5.69 Å². The van der Waals surface area contributed by atoms with Gasteiger partial charge in [0.2, 0.25) is 5.91 Å². The van der Waals surface area contributed by atoms with Crippen LogP contribution in [0.1, 0.15) is 13.8 Å². The number of nitro groups is 1. The van der Waals surface area contributed by atoms with Gasteiger partial charge in [-0.25, -0.2) is 4.79 Å². The molecule has 0 atom stereocenters. The number of rotatable bonds is 6. The Bertz CT molecular complexity index is 1050. The van der Waals surface area contributed by atoms with Crippen LogP contribution < -0.4 is 15.8 Å². The summed E-state index contributed by atoms with van der Waals surface area (Å²) < 4.78 is 11.6. The van der Waals surface area contributed by atoms with Gasteiger partial charge >= 0.3 is 5.76 Å². The average molecular weight is 371 g/mol. The van der Waals surface area contributed by atoms with E-state index in [-0.39, 0.29) is 23.9 Å². The maximum atomic E-state index is 12.3. The molecule has 9 nitrogen and oxygen atoms in total. The van der Waals surface area contributed by atoms with Gasteiger partial charge in [0.05, 0.1) is 22.6 Å². The molecule has 3 aromatic rings. The van der Waals surface area contributed by atoms with Gasteiger partial charge in [-0.05, 0) is 44.2 Å². The van der Waals surface area contributed by atoms with Gasteiger partial charge in [-0.1, -0.05) is 0 Å². The normalized spacial score (nSPS) is 10.9. The number of oxazole rings is 1. The van der Waals surface area contributed by atoms with Gasteiger partial charge < -0.3 is 14.5 Å². The SMILES string of the molecule is CC(C)Oc1ccc(NC(=O)Cn2c(=O)oc3cc([N+](=O)[O-])ccc32)cc1. The largest absolute Gasteiger partial charge is 0.491 e. The van der Waals surface area contributed by atoms with E-state index < -0.39 is 16.6 Å². The average Bonchev–Trinajstić information content (AvgIpc) is 2.91. The lowest BCUT2D eigenvalue weighted by atomic mass is 10.3. The molecule has 1 aromatic heterocycles. The van der Waals surface area contributed by atoms with E-state index in [1.165, 1.54) is 12.1 Å². The minimum atomic E-state index is -0.763. The number of nitrogens with zero attached hydrogens (tertiary/aromatic N) is 2. The predicted molar refractivity (Wildman–Crippen MR) is 98.0 cm³/mol. The van der Waals surface area contributed by atoms with Crippen molar-refractivity contribution in [1.29, 1.82) is 0 Å². The highest BCUT2D eigenvalue weighted by atomic mass is 16.6. The van der Waals surface area contributed by atoms with Crippen molar-refractivity contribution < 1.29 is 18.9 Å². The number of nitro benzene ring substituents is 1. The fourth-order valence-corrected chi connectivity index (χ4v) is 2.55. The Kier molecular flexibility index (Phi) is 4.93. The fourth-order valence-electron chi connectivity index (χ4n) is 2.55. The Balaban J connectivity index is 1.75. The second-order valence-corrected chi connectivity index (χ2v) is 6.10. The van der Waals surface area contributed by atoms with Crippen LogP contribution in [0.5, 0.6) is 5.75 Å². The van der Waals surface area contributed by atoms with Gasteiger partial charge in [0.15, 0.2) is 5.58 Å². The maximum Gasteiger partial charge on any atom is 0.420 e. The van der Waals surface area contributed by atoms with E-state index in [1.807, 2.05) is 13.8 Å². The molecule has 9 heteroatoms. The monoisotopic (exact) mass is 371 g/mol. The molecular weight excluding hydrogens is 354 g/mol. The molecule has 1 heterocycles. The van der Waals surface area contributed by atoms with Crippen molar-refractivity contribution in [2.45, 2.75) is 26.5 Å². The standard InChI is InChI=1S/C18H17N3O6/c1-11(2)26-14-6-3-12(4-7-14)19-17(22)10-20-15-8-5-13(21(24)25)9-16(15)27-18(20)23/h3-9,11H,10H2,1-2H3,(H,19,22). The first-order valence-corrected chi connectivity index (χ1v) is 8.18. The number of benzene rings is 2. The summed E-state index contributed by atoms with van der Waals surface area (Å²) in [5.41, 5.74) is 0.711. The van der Waals surface area contributed by atoms with Crippen molar-refractivity contribution in [3.8, 4) is 5.75 Å². The Hall–Kier alpha value is -3.62. The zero-order valence-electron chi connectivity index (χ0n) is 14.7. The summed E-state index contributed by atoms with van der Waals surface area (Å²) in [7, 11) is 0. The number of hydrogen-bond acceptors (Lipinski definition) is 6. The second kappa shape index (κ2) is 7.32. The first-order valence-electron chi connectivity index (χ1n) is 8.18. The maximum absolute atomic E-state index is 12.3. The van der Waals surface area contributed by atoms with Crippen LogP contribution in [-0.4, -0.2) is 21.5 Å². The van der Waals surface area contributed by atoms with Crippen LogP contribution in [-0.2, 0) is 11.3 Å². The van der Waals surface area contributed by atoms with Gasteiger partial charge in [-0.3, -0.25) is 19.5 Å². The molecule has 3 rings (SSSR count). The molecule has 0 aliphatic carbocycles. The van der Waals surface area contributed by atoms with Crippen molar-refractivity contribution >= 4 is 28.4 Å². The van der Waals surface area contributed by atoms with E-state index in [0.717, 1.165) is 10.6 Å². The van der Waals surface area contributed by atoms with E-state index in [1.54, 1.807) is 24.3 Å². The van der Waals surface area contributed by atoms with Crippen LogP contribution in [0.3, 0.4) is 0 Å². The van der Waals surface area contributed by atoms with Gasteiger partial charge in [-0.2, -0.15) is 0 Å². The molecule has 0 unspecified atom stereocenters. The summed E-state index contributed by atoms with van der Waals surface area (Å²) in [4.78, 5) is 34.5. The number of aromatic nitrogens is 1. The summed E-state index contributed by atoms with van der Waals surface area (Å²) >= 11 is 0. The van der Waals surface area contributed by atoms with Crippen molar-refractivity contribution in [1.82, 2.24) is 4.57 Å². The lowest BCUT2D eigenvalue weighted by Gasteiger charge is -2.10. The first-order chi connectivity index (χ1) is 12.8. The predicted octanol–water partition coefficient (Wildman–Crippen LogP) is 2.93. The number of anilines is 1. The van der Waals surface area contributed by atoms with Crippen LogP contribution >= 0.6 is 0 Å². The second-order valence-electron chi connectivity index (χ2n) is 6.10. The highest BCUT2D eigenvalue weighted by Gasteiger charge is 2.16. The number of hydrogen-bond donors (Lipinski definition) is 1. The molecular formula is C18H17N3O6. The Morgan fingerprint density at radius 3 is 2.59 bits per heavy atom. The third-order valence-corrected chi connectivity index (χ3v) is 3.67. The molecule has 0 spiro atoms. The molecule has 0 aliphatic heterocycles. The number of fused-ring (bicyclic) bond motifs is 1. The number of ether oxygens (including phenoxy) is 1. The molecule has 140 valence electrons. The van der Waals surface area contributed by atoms with Gasteiger partial charge in [-0.15, -0.1) is 0 Å². The molecule has 1 N–H and O–H groups in total. The Morgan fingerprint density at radius 2 is 1.96 bits per heavy atom. The highest BCUT2D eigenvalue weighted by Crippen LogP contribution is 2.20. The van der Waals surface area contributed by atoms with Crippen LogP contribution in [0.15, 0.2) is 51.7 Å². The minimum Gasteiger partial charge on any atom is -0.491 e. The van der Waals surface area contributed by atoms with E-state index in [4.69, 9.17) is 9.15 Å². The number of nitrogens with one attached hydrogen (secondary N) is 1. The van der Waals surface area contributed by atoms with Crippen LogP contribution in [0.4, 0.5) is 11.4 Å². The molecule has 2 aromatic carbocycles. The topological polar surface area (TPSA) is 117 Å². The summed E-state index contributed by atoms with van der Waals surface area (Å²) in [6.45, 7) is 3.54. The number of amides is 1. The van der Waals surface area contributed by atoms with E-state index in [9.17, 15) is 19.7 Å². The van der Waals surface area contributed by atoms with Crippen molar-refractivity contribution in [3.05, 3.63) is 63.1 Å². The Morgan fingerprint density at radius 1 is 1.26 bits per heavy atom. The van der Waals surface area contributed by atoms with Crippen molar-refractivity contribution in [2.75, 3.05) is 5.32 Å². The number of carbonyl (C=O) groups excluding carboxylic acids is 1. The Labute approximate surface area is 153 Å². The molecule has 0 saturated carbocycles. The summed E-state index contributed by atoms with van der Waals surface area (Å²) in [6.07, 6.45) is 0.0440. The van der Waals surface area contributed by atoms with E-state index >= 15 is 0 Å². The third kappa shape index (κ3) is 4.14. The van der Waals surface area contributed by atoms with Crippen molar-refractivity contribution in [3.63, 3.8) is 0 Å². The zero-order chi connectivity index (χ0) is 19.6. The van der Waals surface area contributed by atoms with E-state index in [0.29, 0.717) is 17.0 Å². The molecule has 0 saturated heterocycles. The molecule has 0 fully saturated rings. The smallest absolute Gasteiger partial charge is 0.420 e. The number of non-ortho nitro benzene ring substituents is 1. The van der Waals surface area contributed by atoms with Crippen LogP contribution in [0, 0.1) is 10.1 Å². The third-order valence-electron chi connectivity index (χ3n) is 3.67. The summed E-state index contributed by atoms with van der Waals surface area (Å²) in [5.74, 6) is -0.515. The van der Waals surface area contributed by atoms with Gasteiger partial charge in [0, 0.05) is 11.8 Å². The quantitative estimate of drug-likeness (QED) is 0.526. The lowest BCUT2D eigenvalue weighted by molar-refractivity contribution is -0.384. The van der Waals surface area contributed by atoms with Crippen molar-refractivity contribution in [2.24, 2.45) is 0 Å². The minimum absolute atomic E-state index is 0.0440. The molecule has 0 aliphatic rings. The zero-order valence-corrected chi connectivity index (χ0v) is 14.7. The highest BCUT2D eigenvalue weighted by molar-refractivity contribution is 5.91. The fraction of sp³-hybridized carbons (Fsp3) is 0.222. The first kappa shape index (κ1) is 18.2. The molecule has 0 bridgehead atoms. The molecule has 1 amide bonds. The van der Waals surface area contributed by atoms with Crippen LogP contribution in [0.2, 0.25) is 0 Å². The molecule has 27 heavy (non-hydrogen) atoms. The van der Waals surface area contributed by atoms with Crippen LogP contribution in [0.25, 0.3) is 11.1 Å². The lowest BCUT2D eigenvalue weighted by Crippen LogP contribution is -2.24. The molecule has 0 radical (unpaired) electrons. The van der Waals surface area contributed by atoms with Gasteiger partial charge in [0.1, 0.15) is 12.3 Å². The number of carbonyl (C=O) groups is 1.